The lowest BCUT2D eigenvalue weighted by molar-refractivity contribution is 0.0115. The predicted octanol–water partition coefficient (Wildman–Crippen LogP) is 4.66. The van der Waals surface area contributed by atoms with E-state index in [1.807, 2.05) is 13.0 Å². The van der Waals surface area contributed by atoms with Crippen molar-refractivity contribution in [2.24, 2.45) is 0 Å². The van der Waals surface area contributed by atoms with Crippen LogP contribution in [0, 0.1) is 0 Å². The maximum absolute atomic E-state index is 5.75. The Balaban J connectivity index is 1.84. The first kappa shape index (κ1) is 17.3. The van der Waals surface area contributed by atoms with Crippen LogP contribution < -0.4 is 10.1 Å². The minimum Gasteiger partial charge on any atom is -0.492 e. The fraction of sp³-hybridized carbons (Fsp3) is 0.625. The number of ether oxygens (including phenoxy) is 2. The number of hydrogen-bond donors (Lipinski definition) is 1. The van der Waals surface area contributed by atoms with E-state index < -0.39 is 0 Å². The van der Waals surface area contributed by atoms with Crippen LogP contribution in [-0.4, -0.2) is 25.9 Å². The highest BCUT2D eigenvalue weighted by molar-refractivity contribution is 9.11. The lowest BCUT2D eigenvalue weighted by atomic mass is 10.1. The molecule has 1 aliphatic rings. The smallest absolute Gasteiger partial charge is 0.138 e. The molecule has 1 atom stereocenters. The van der Waals surface area contributed by atoms with Gasteiger partial charge in [0.25, 0.3) is 0 Å². The van der Waals surface area contributed by atoms with Crippen LogP contribution in [0.2, 0.25) is 0 Å². The summed E-state index contributed by atoms with van der Waals surface area (Å²) in [6, 6.07) is 4.13. The largest absolute Gasteiger partial charge is 0.492 e. The summed E-state index contributed by atoms with van der Waals surface area (Å²) in [5.74, 6) is 0.933. The SMILES string of the molecule is CCOc1c(Br)cc(Br)cc1CNCCC1CCCCO1. The molecule has 1 aromatic rings. The highest BCUT2D eigenvalue weighted by atomic mass is 79.9. The maximum Gasteiger partial charge on any atom is 0.138 e. The minimum absolute atomic E-state index is 0.437. The van der Waals surface area contributed by atoms with Crippen molar-refractivity contribution in [3.63, 3.8) is 0 Å². The molecule has 0 amide bonds. The van der Waals surface area contributed by atoms with E-state index in [9.17, 15) is 0 Å². The fourth-order valence-electron chi connectivity index (χ4n) is 2.57. The van der Waals surface area contributed by atoms with Gasteiger partial charge in [0.2, 0.25) is 0 Å². The molecular weight excluding hydrogens is 398 g/mol. The van der Waals surface area contributed by atoms with Gasteiger partial charge in [-0.25, -0.2) is 0 Å². The second-order valence-electron chi connectivity index (χ2n) is 5.26. The van der Waals surface area contributed by atoms with Crippen LogP contribution >= 0.6 is 31.9 Å². The molecule has 1 saturated heterocycles. The molecule has 2 rings (SSSR count). The Hall–Kier alpha value is -0.100. The Labute approximate surface area is 144 Å². The highest BCUT2D eigenvalue weighted by Crippen LogP contribution is 2.33. The Kier molecular flexibility index (Phi) is 7.50. The van der Waals surface area contributed by atoms with Gasteiger partial charge in [-0.1, -0.05) is 15.9 Å². The van der Waals surface area contributed by atoms with E-state index in [0.29, 0.717) is 12.7 Å². The molecule has 3 nitrogen and oxygen atoms in total. The molecule has 1 fully saturated rings. The lowest BCUT2D eigenvalue weighted by Crippen LogP contribution is -2.25. The molecule has 118 valence electrons. The summed E-state index contributed by atoms with van der Waals surface area (Å²) in [4.78, 5) is 0. The molecule has 0 aliphatic carbocycles. The number of halogens is 2. The van der Waals surface area contributed by atoms with Gasteiger partial charge >= 0.3 is 0 Å². The van der Waals surface area contributed by atoms with E-state index in [2.05, 4.69) is 43.2 Å². The first-order chi connectivity index (χ1) is 10.2. The molecule has 0 radical (unpaired) electrons. The summed E-state index contributed by atoms with van der Waals surface area (Å²) in [6.07, 6.45) is 5.24. The third-order valence-corrected chi connectivity index (χ3v) is 4.65. The van der Waals surface area contributed by atoms with Crippen molar-refractivity contribution in [3.05, 3.63) is 26.6 Å². The van der Waals surface area contributed by atoms with Gasteiger partial charge < -0.3 is 14.8 Å². The first-order valence-electron chi connectivity index (χ1n) is 7.63. The molecule has 0 aromatic heterocycles. The molecule has 1 aliphatic heterocycles. The zero-order valence-electron chi connectivity index (χ0n) is 12.5. The molecule has 0 bridgehead atoms. The quantitative estimate of drug-likeness (QED) is 0.650. The second-order valence-corrected chi connectivity index (χ2v) is 7.03. The molecule has 1 unspecified atom stereocenters. The molecule has 0 spiro atoms. The molecule has 5 heteroatoms. The van der Waals surface area contributed by atoms with Crippen LogP contribution in [-0.2, 0) is 11.3 Å². The van der Waals surface area contributed by atoms with Crippen molar-refractivity contribution >= 4 is 31.9 Å². The van der Waals surface area contributed by atoms with Crippen LogP contribution in [0.25, 0.3) is 0 Å². The highest BCUT2D eigenvalue weighted by Gasteiger charge is 2.14. The normalized spacial score (nSPS) is 18.7. The monoisotopic (exact) mass is 419 g/mol. The van der Waals surface area contributed by atoms with Crippen LogP contribution in [0.4, 0.5) is 0 Å². The topological polar surface area (TPSA) is 30.5 Å². The molecule has 1 N–H and O–H groups in total. The Morgan fingerprint density at radius 1 is 1.33 bits per heavy atom. The lowest BCUT2D eigenvalue weighted by Gasteiger charge is -2.22. The summed E-state index contributed by atoms with van der Waals surface area (Å²) in [6.45, 7) is 5.38. The van der Waals surface area contributed by atoms with Gasteiger partial charge in [-0.3, -0.25) is 0 Å². The van der Waals surface area contributed by atoms with Gasteiger partial charge in [0.05, 0.1) is 17.2 Å². The van der Waals surface area contributed by atoms with Crippen LogP contribution in [0.5, 0.6) is 5.75 Å². The standard InChI is InChI=1S/C16H23Br2NO2/c1-2-20-16-12(9-13(17)10-15(16)18)11-19-7-6-14-5-3-4-8-21-14/h9-10,14,19H,2-8,11H2,1H3. The summed E-state index contributed by atoms with van der Waals surface area (Å²) in [5.41, 5.74) is 1.17. The average molecular weight is 421 g/mol. The minimum atomic E-state index is 0.437. The van der Waals surface area contributed by atoms with Crippen LogP contribution in [0.15, 0.2) is 21.1 Å². The predicted molar refractivity (Wildman–Crippen MR) is 92.9 cm³/mol. The van der Waals surface area contributed by atoms with Crippen LogP contribution in [0.1, 0.15) is 38.2 Å². The zero-order valence-corrected chi connectivity index (χ0v) is 15.6. The van der Waals surface area contributed by atoms with E-state index in [0.717, 1.165) is 40.8 Å². The van der Waals surface area contributed by atoms with Gasteiger partial charge in [-0.15, -0.1) is 0 Å². The van der Waals surface area contributed by atoms with Gasteiger partial charge in [0, 0.05) is 23.2 Å². The molecule has 1 heterocycles. The van der Waals surface area contributed by atoms with Crippen molar-refractivity contribution < 1.29 is 9.47 Å². The zero-order chi connectivity index (χ0) is 15.1. The van der Waals surface area contributed by atoms with Crippen molar-refractivity contribution in [2.75, 3.05) is 19.8 Å². The van der Waals surface area contributed by atoms with Gasteiger partial charge in [0.15, 0.2) is 0 Å². The van der Waals surface area contributed by atoms with Crippen molar-refractivity contribution in [1.29, 1.82) is 0 Å². The van der Waals surface area contributed by atoms with Gasteiger partial charge in [-0.2, -0.15) is 0 Å². The molecule has 1 aromatic carbocycles. The van der Waals surface area contributed by atoms with Crippen molar-refractivity contribution in [2.45, 2.75) is 45.3 Å². The van der Waals surface area contributed by atoms with E-state index in [1.165, 1.54) is 24.8 Å². The number of nitrogens with one attached hydrogen (secondary N) is 1. The van der Waals surface area contributed by atoms with E-state index in [4.69, 9.17) is 9.47 Å². The number of rotatable bonds is 7. The van der Waals surface area contributed by atoms with Crippen LogP contribution in [0.3, 0.4) is 0 Å². The summed E-state index contributed by atoms with van der Waals surface area (Å²) >= 11 is 7.10. The number of benzene rings is 1. The molecule has 21 heavy (non-hydrogen) atoms. The van der Waals surface area contributed by atoms with E-state index >= 15 is 0 Å². The fourth-order valence-corrected chi connectivity index (χ4v) is 4.00. The van der Waals surface area contributed by atoms with Crippen molar-refractivity contribution in [3.8, 4) is 5.75 Å². The van der Waals surface area contributed by atoms with E-state index in [1.54, 1.807) is 0 Å². The van der Waals surface area contributed by atoms with E-state index in [-0.39, 0.29) is 0 Å². The molecular formula is C16H23Br2NO2. The summed E-state index contributed by atoms with van der Waals surface area (Å²) in [7, 11) is 0. The first-order valence-corrected chi connectivity index (χ1v) is 9.22. The average Bonchev–Trinajstić information content (AvgIpc) is 2.48. The Morgan fingerprint density at radius 2 is 2.19 bits per heavy atom. The summed E-state index contributed by atoms with van der Waals surface area (Å²) < 4.78 is 13.5. The number of hydrogen-bond acceptors (Lipinski definition) is 3. The van der Waals surface area contributed by atoms with Crippen molar-refractivity contribution in [1.82, 2.24) is 5.32 Å². The molecule has 0 saturated carbocycles. The second kappa shape index (κ2) is 9.13. The van der Waals surface area contributed by atoms with Gasteiger partial charge in [0.1, 0.15) is 5.75 Å². The Morgan fingerprint density at radius 3 is 2.90 bits per heavy atom. The Bertz CT molecular complexity index is 448. The third-order valence-electron chi connectivity index (χ3n) is 3.61. The third kappa shape index (κ3) is 5.55. The van der Waals surface area contributed by atoms with Gasteiger partial charge in [-0.05, 0) is 67.2 Å². The summed E-state index contributed by atoms with van der Waals surface area (Å²) in [5, 5.41) is 3.50. The maximum atomic E-state index is 5.75.